The lowest BCUT2D eigenvalue weighted by Crippen LogP contribution is -2.00. The van der Waals surface area contributed by atoms with Crippen molar-refractivity contribution in [3.63, 3.8) is 0 Å². The first-order valence-corrected chi connectivity index (χ1v) is 10.1. The number of halogens is 1. The van der Waals surface area contributed by atoms with Crippen LogP contribution in [0.3, 0.4) is 0 Å². The molecule has 0 aliphatic carbocycles. The fourth-order valence-electron chi connectivity index (χ4n) is 3.23. The van der Waals surface area contributed by atoms with Gasteiger partial charge in [-0.3, -0.25) is 10.1 Å². The number of hydrogen-bond donors (Lipinski definition) is 1. The Hall–Kier alpha value is -3.85. The van der Waals surface area contributed by atoms with Crippen molar-refractivity contribution in [2.45, 2.75) is 20.3 Å². The second-order valence-electron chi connectivity index (χ2n) is 7.50. The maximum absolute atomic E-state index is 10.9. The maximum atomic E-state index is 10.9. The zero-order chi connectivity index (χ0) is 23.4. The first-order chi connectivity index (χ1) is 15.2. The summed E-state index contributed by atoms with van der Waals surface area (Å²) in [6.45, 7) is 4.15. The first kappa shape index (κ1) is 22.8. The van der Waals surface area contributed by atoms with Gasteiger partial charge in [0.25, 0.3) is 0 Å². The molecule has 164 valence electrons. The summed E-state index contributed by atoms with van der Waals surface area (Å²) in [7, 11) is 0. The van der Waals surface area contributed by atoms with E-state index in [4.69, 9.17) is 17.3 Å². The Labute approximate surface area is 188 Å². The van der Waals surface area contributed by atoms with Crippen LogP contribution in [-0.2, 0) is 6.42 Å². The molecule has 2 N–H and O–H groups in total. The van der Waals surface area contributed by atoms with Gasteiger partial charge in [-0.25, -0.2) is 4.98 Å². The zero-order valence-corrected chi connectivity index (χ0v) is 18.1. The highest BCUT2D eigenvalue weighted by Crippen LogP contribution is 2.27. The van der Waals surface area contributed by atoms with Gasteiger partial charge < -0.3 is 15.8 Å². The molecule has 2 heterocycles. The van der Waals surface area contributed by atoms with Crippen LogP contribution >= 0.6 is 11.6 Å². The van der Waals surface area contributed by atoms with Crippen molar-refractivity contribution in [3.8, 4) is 0 Å². The number of anilines is 1. The number of benzene rings is 2. The molecule has 0 spiro atoms. The van der Waals surface area contributed by atoms with Crippen molar-refractivity contribution in [2.75, 3.05) is 5.73 Å². The molecular formula is C22H20ClN5O4. The lowest BCUT2D eigenvalue weighted by molar-refractivity contribution is -0.389. The molecule has 0 saturated heterocycles. The van der Waals surface area contributed by atoms with E-state index in [-0.39, 0.29) is 17.3 Å². The summed E-state index contributed by atoms with van der Waals surface area (Å²) in [5, 5.41) is 23.6. The van der Waals surface area contributed by atoms with Crippen LogP contribution in [0.15, 0.2) is 54.6 Å². The molecule has 2 aromatic carbocycles. The van der Waals surface area contributed by atoms with Gasteiger partial charge in [0.15, 0.2) is 5.52 Å². The predicted octanol–water partition coefficient (Wildman–Crippen LogP) is 5.72. The number of nitro groups is 2. The Kier molecular flexibility index (Phi) is 6.79. The summed E-state index contributed by atoms with van der Waals surface area (Å²) >= 11 is 5.90. The van der Waals surface area contributed by atoms with Gasteiger partial charge >= 0.3 is 11.5 Å². The van der Waals surface area contributed by atoms with E-state index in [9.17, 15) is 20.2 Å². The summed E-state index contributed by atoms with van der Waals surface area (Å²) in [5.74, 6) is 0.250. The summed E-state index contributed by atoms with van der Waals surface area (Å²) in [6.07, 6.45) is 0.779. The molecular weight excluding hydrogens is 434 g/mol. The minimum absolute atomic E-state index is 0.0475. The highest BCUT2D eigenvalue weighted by Gasteiger charge is 2.16. The van der Waals surface area contributed by atoms with Gasteiger partial charge in [0, 0.05) is 34.0 Å². The number of para-hydroxylation sites is 1. The molecule has 4 aromatic rings. The maximum Gasteiger partial charge on any atom is 0.364 e. The fraction of sp³-hybridized carbons (Fsp3) is 0.182. The Bertz CT molecular complexity index is 1330. The van der Waals surface area contributed by atoms with Crippen LogP contribution < -0.4 is 5.73 Å². The quantitative estimate of drug-likeness (QED) is 0.308. The molecule has 0 radical (unpaired) electrons. The molecule has 10 heteroatoms. The van der Waals surface area contributed by atoms with E-state index in [1.165, 1.54) is 6.07 Å². The van der Waals surface area contributed by atoms with E-state index in [0.717, 1.165) is 17.4 Å². The first-order valence-electron chi connectivity index (χ1n) is 9.69. The van der Waals surface area contributed by atoms with Crippen molar-refractivity contribution >= 4 is 50.7 Å². The zero-order valence-electron chi connectivity index (χ0n) is 17.4. The SMILES string of the molecule is CC(C)Cc1cc([N+](=O)[O-])nc2cc(Cl)ccc12.Nc1nc2ccccc2cc1[N+](=O)[O-]. The third-order valence-corrected chi connectivity index (χ3v) is 4.82. The molecule has 0 unspecified atom stereocenters. The number of nitrogens with zero attached hydrogens (tertiary/aromatic N) is 4. The topological polar surface area (TPSA) is 138 Å². The van der Waals surface area contributed by atoms with E-state index >= 15 is 0 Å². The second kappa shape index (κ2) is 9.52. The smallest absolute Gasteiger partial charge is 0.364 e. The second-order valence-corrected chi connectivity index (χ2v) is 7.94. The van der Waals surface area contributed by atoms with E-state index < -0.39 is 9.85 Å². The average molecular weight is 454 g/mol. The normalized spacial score (nSPS) is 10.8. The number of hydrogen-bond acceptors (Lipinski definition) is 7. The summed E-state index contributed by atoms with van der Waals surface area (Å²) < 4.78 is 0. The molecule has 0 atom stereocenters. The molecule has 9 nitrogen and oxygen atoms in total. The highest BCUT2D eigenvalue weighted by atomic mass is 35.5. The molecule has 32 heavy (non-hydrogen) atoms. The van der Waals surface area contributed by atoms with Crippen molar-refractivity contribution in [3.05, 3.63) is 85.4 Å². The monoisotopic (exact) mass is 453 g/mol. The van der Waals surface area contributed by atoms with Gasteiger partial charge in [0.1, 0.15) is 0 Å². The van der Waals surface area contributed by atoms with Crippen molar-refractivity contribution in [1.29, 1.82) is 0 Å². The van der Waals surface area contributed by atoms with Crippen LogP contribution in [0.1, 0.15) is 19.4 Å². The Balaban J connectivity index is 0.000000186. The minimum atomic E-state index is -0.533. The van der Waals surface area contributed by atoms with Gasteiger partial charge in [0.05, 0.1) is 10.4 Å². The predicted molar refractivity (Wildman–Crippen MR) is 125 cm³/mol. The van der Waals surface area contributed by atoms with Gasteiger partial charge in [-0.2, -0.15) is 0 Å². The molecule has 0 saturated carbocycles. The van der Waals surface area contributed by atoms with Crippen molar-refractivity contribution < 1.29 is 9.85 Å². The Morgan fingerprint density at radius 1 is 0.969 bits per heavy atom. The third-order valence-electron chi connectivity index (χ3n) is 4.59. The lowest BCUT2D eigenvalue weighted by Gasteiger charge is -2.07. The molecule has 0 aliphatic heterocycles. The van der Waals surface area contributed by atoms with Gasteiger partial charge in [-0.15, -0.1) is 0 Å². The van der Waals surface area contributed by atoms with E-state index in [1.807, 2.05) is 6.07 Å². The fourth-order valence-corrected chi connectivity index (χ4v) is 3.39. The third kappa shape index (κ3) is 5.25. The summed E-state index contributed by atoms with van der Waals surface area (Å²) in [6, 6.07) is 15.4. The van der Waals surface area contributed by atoms with Crippen molar-refractivity contribution in [2.24, 2.45) is 5.92 Å². The van der Waals surface area contributed by atoms with Gasteiger partial charge in [-0.05, 0) is 46.0 Å². The lowest BCUT2D eigenvalue weighted by atomic mass is 9.99. The molecule has 0 amide bonds. The van der Waals surface area contributed by atoms with E-state index in [1.54, 1.807) is 42.5 Å². The summed E-state index contributed by atoms with van der Waals surface area (Å²) in [4.78, 5) is 28.4. The average Bonchev–Trinajstić information content (AvgIpc) is 2.72. The van der Waals surface area contributed by atoms with E-state index in [0.29, 0.717) is 27.4 Å². The van der Waals surface area contributed by atoms with Crippen LogP contribution in [0, 0.1) is 26.1 Å². The van der Waals surface area contributed by atoms with Crippen LogP contribution in [-0.4, -0.2) is 19.8 Å². The van der Waals surface area contributed by atoms with E-state index in [2.05, 4.69) is 23.8 Å². The van der Waals surface area contributed by atoms with Crippen LogP contribution in [0.2, 0.25) is 5.02 Å². The standard InChI is InChI=1S/C13H13ClN2O2.C9H7N3O2/c1-8(2)5-9-6-13(16(17)18)15-12-7-10(14)3-4-11(9)12;10-9-8(12(13)14)5-6-3-1-2-4-7(6)11-9/h3-4,6-8H,5H2,1-2H3;1-5H,(H2,10,11). The van der Waals surface area contributed by atoms with Crippen LogP contribution in [0.25, 0.3) is 21.8 Å². The van der Waals surface area contributed by atoms with Gasteiger partial charge in [-0.1, -0.05) is 43.6 Å². The largest absolute Gasteiger partial charge is 0.378 e. The molecule has 0 fully saturated rings. The number of nitrogen functional groups attached to an aromatic ring is 1. The number of nitrogens with two attached hydrogens (primary N) is 1. The number of rotatable bonds is 4. The minimum Gasteiger partial charge on any atom is -0.378 e. The van der Waals surface area contributed by atoms with Gasteiger partial charge in [0.2, 0.25) is 5.82 Å². The Morgan fingerprint density at radius 2 is 1.69 bits per heavy atom. The Morgan fingerprint density at radius 3 is 2.34 bits per heavy atom. The number of fused-ring (bicyclic) bond motifs is 2. The molecule has 0 bridgehead atoms. The van der Waals surface area contributed by atoms with Crippen molar-refractivity contribution in [1.82, 2.24) is 9.97 Å². The number of pyridine rings is 2. The summed E-state index contributed by atoms with van der Waals surface area (Å²) in [5.41, 5.74) is 7.47. The number of aromatic nitrogens is 2. The molecule has 0 aliphatic rings. The van der Waals surface area contributed by atoms with Crippen LogP contribution in [0.5, 0.6) is 0 Å². The highest BCUT2D eigenvalue weighted by molar-refractivity contribution is 6.31. The molecule has 2 aromatic heterocycles. The molecule has 4 rings (SSSR count). The van der Waals surface area contributed by atoms with Crippen LogP contribution in [0.4, 0.5) is 17.3 Å².